The van der Waals surface area contributed by atoms with Crippen molar-refractivity contribution in [3.8, 4) is 0 Å². The first-order valence-corrected chi connectivity index (χ1v) is 14.4. The van der Waals surface area contributed by atoms with Crippen LogP contribution in [0.15, 0.2) is 36.0 Å². The van der Waals surface area contributed by atoms with Crippen molar-refractivity contribution in [2.75, 3.05) is 20.7 Å². The van der Waals surface area contributed by atoms with Crippen molar-refractivity contribution in [2.45, 2.75) is 97.0 Å². The molecule has 1 fully saturated rings. The van der Waals surface area contributed by atoms with Gasteiger partial charge < -0.3 is 34.1 Å². The molecule has 1 unspecified atom stereocenters. The number of aliphatic hydroxyl groups is 2. The number of carbonyl (C=O) groups excluding carboxylic acids is 3. The fraction of sp³-hybridized carbons (Fsp3) is 0.710. The van der Waals surface area contributed by atoms with Crippen molar-refractivity contribution in [3.63, 3.8) is 0 Å². The number of ketones is 1. The molecule has 0 bridgehead atoms. The van der Waals surface area contributed by atoms with E-state index in [4.69, 9.17) is 14.2 Å². The summed E-state index contributed by atoms with van der Waals surface area (Å²) in [4.78, 5) is 39.6. The number of hydrogen-bond donors (Lipinski definition) is 2. The third kappa shape index (κ3) is 9.73. The highest BCUT2D eigenvalue weighted by Crippen LogP contribution is 2.32. The summed E-state index contributed by atoms with van der Waals surface area (Å²) in [6, 6.07) is -0.183. The molecular weight excluding hydrogens is 514 g/mol. The summed E-state index contributed by atoms with van der Waals surface area (Å²) in [5.41, 5.74) is 0.768. The molecule has 9 nitrogen and oxygen atoms in total. The van der Waals surface area contributed by atoms with Crippen molar-refractivity contribution in [3.05, 3.63) is 36.0 Å². The van der Waals surface area contributed by atoms with Gasteiger partial charge in [0.25, 0.3) is 0 Å². The van der Waals surface area contributed by atoms with E-state index < -0.39 is 42.4 Å². The highest BCUT2D eigenvalue weighted by molar-refractivity contribution is 5.91. The quantitative estimate of drug-likeness (QED) is 0.355. The van der Waals surface area contributed by atoms with Crippen LogP contribution in [0.25, 0.3) is 0 Å². The van der Waals surface area contributed by atoms with Crippen LogP contribution >= 0.6 is 0 Å². The lowest BCUT2D eigenvalue weighted by atomic mass is 9.82. The summed E-state index contributed by atoms with van der Waals surface area (Å²) < 4.78 is 18.2. The number of aldehydes is 1. The minimum Gasteiger partial charge on any atom is -0.459 e. The number of carbonyl (C=O) groups is 3. The number of esters is 1. The fourth-order valence-corrected chi connectivity index (χ4v) is 5.58. The zero-order valence-electron chi connectivity index (χ0n) is 25.1. The molecule has 0 aromatic heterocycles. The first-order valence-electron chi connectivity index (χ1n) is 14.4. The average molecular weight is 564 g/mol. The van der Waals surface area contributed by atoms with E-state index in [0.29, 0.717) is 19.3 Å². The number of ether oxygens (including phenoxy) is 3. The molecule has 2 aliphatic rings. The molecule has 1 saturated heterocycles. The van der Waals surface area contributed by atoms with Crippen molar-refractivity contribution in [1.29, 1.82) is 0 Å². The standard InChI is InChI=1S/C31H49NO8/c1-8-27-24(18-34)15-19(2)9-11-26(35)21(4)16-23(13-14-33)30(20(3)10-12-28(36)39-27)40-31-29(37)25(32(6)7)17-22(5)38-31/h9-12,14-15,20-25,27,29-31,34,37H,8,13,16-18H2,1-7H3/b11-9+,12-10-,19-15+/t20-,21+,22+,23?,24+,25-,27+,29+,30+,31-/m0/s1. The zero-order chi connectivity index (χ0) is 30.0. The van der Waals surface area contributed by atoms with Gasteiger partial charge in [-0.25, -0.2) is 4.79 Å². The number of aliphatic hydroxyl groups excluding tert-OH is 2. The average Bonchev–Trinajstić information content (AvgIpc) is 2.91. The van der Waals surface area contributed by atoms with E-state index in [1.165, 1.54) is 12.2 Å². The maximum atomic E-state index is 13.1. The molecule has 0 spiro atoms. The summed E-state index contributed by atoms with van der Waals surface area (Å²) in [5.74, 6) is -2.23. The molecule has 2 aliphatic heterocycles. The first kappa shape index (κ1) is 34.0. The smallest absolute Gasteiger partial charge is 0.330 e. The molecule has 9 heteroatoms. The van der Waals surface area contributed by atoms with Crippen LogP contribution in [0, 0.1) is 23.7 Å². The molecule has 0 aliphatic carbocycles. The Kier molecular flexibility index (Phi) is 13.9. The second-order valence-electron chi connectivity index (χ2n) is 11.6. The van der Waals surface area contributed by atoms with Crippen LogP contribution in [0.1, 0.15) is 60.3 Å². The second kappa shape index (κ2) is 16.3. The molecule has 40 heavy (non-hydrogen) atoms. The minimum absolute atomic E-state index is 0.0908. The first-order chi connectivity index (χ1) is 18.9. The molecule has 226 valence electrons. The van der Waals surface area contributed by atoms with E-state index in [9.17, 15) is 24.6 Å². The number of likely N-dealkylation sites (N-methyl/N-ethyl adjacent to an activating group) is 1. The fourth-order valence-electron chi connectivity index (χ4n) is 5.58. The largest absolute Gasteiger partial charge is 0.459 e. The second-order valence-corrected chi connectivity index (χ2v) is 11.6. The van der Waals surface area contributed by atoms with Crippen molar-refractivity contribution >= 4 is 18.0 Å². The third-order valence-electron chi connectivity index (χ3n) is 7.97. The molecule has 10 atom stereocenters. The predicted molar refractivity (Wildman–Crippen MR) is 152 cm³/mol. The van der Waals surface area contributed by atoms with Crippen molar-refractivity contribution < 1.29 is 38.8 Å². The SMILES string of the molecule is CC[C@H]1OC(=O)/C=C\[C@H](C)[C@@H](O[C@@H]2O[C@H](C)C[C@H](N(C)C)[C@H]2O)C(CC=O)C[C@@H](C)C(=O)/C=C/C(C)=C/[C@@H]1CO. The molecule has 0 aromatic rings. The Balaban J connectivity index is 2.49. The molecule has 2 rings (SSSR count). The van der Waals surface area contributed by atoms with Crippen LogP contribution in [0.2, 0.25) is 0 Å². The van der Waals surface area contributed by atoms with Crippen LogP contribution in [0.4, 0.5) is 0 Å². The Labute approximate surface area is 239 Å². The van der Waals surface area contributed by atoms with Gasteiger partial charge in [-0.2, -0.15) is 0 Å². The number of rotatable bonds is 7. The van der Waals surface area contributed by atoms with Crippen LogP contribution in [0.3, 0.4) is 0 Å². The number of allylic oxidation sites excluding steroid dienone is 3. The van der Waals surface area contributed by atoms with Gasteiger partial charge in [0.15, 0.2) is 12.1 Å². The molecule has 0 aromatic carbocycles. The van der Waals surface area contributed by atoms with E-state index >= 15 is 0 Å². The number of cyclic esters (lactones) is 1. The highest BCUT2D eigenvalue weighted by atomic mass is 16.7. The number of hydrogen-bond acceptors (Lipinski definition) is 9. The van der Waals surface area contributed by atoms with E-state index in [0.717, 1.165) is 11.9 Å². The van der Waals surface area contributed by atoms with Gasteiger partial charge in [-0.3, -0.25) is 4.79 Å². The van der Waals surface area contributed by atoms with Gasteiger partial charge >= 0.3 is 5.97 Å². The van der Waals surface area contributed by atoms with Crippen LogP contribution in [-0.4, -0.2) is 90.6 Å². The van der Waals surface area contributed by atoms with Gasteiger partial charge in [-0.1, -0.05) is 44.6 Å². The summed E-state index contributed by atoms with van der Waals surface area (Å²) in [5, 5.41) is 21.1. The summed E-state index contributed by atoms with van der Waals surface area (Å²) in [6.45, 7) is 9.10. The monoisotopic (exact) mass is 563 g/mol. The Bertz CT molecular complexity index is 928. The highest BCUT2D eigenvalue weighted by Gasteiger charge is 2.41. The molecule has 2 heterocycles. The summed E-state index contributed by atoms with van der Waals surface area (Å²) >= 11 is 0. The lowest BCUT2D eigenvalue weighted by Crippen LogP contribution is -2.55. The van der Waals surface area contributed by atoms with E-state index in [1.807, 2.05) is 59.7 Å². The van der Waals surface area contributed by atoms with Gasteiger partial charge in [-0.05, 0) is 59.2 Å². The lowest BCUT2D eigenvalue weighted by Gasteiger charge is -2.43. The van der Waals surface area contributed by atoms with Crippen LogP contribution < -0.4 is 0 Å². The Morgan fingerprint density at radius 1 is 1.12 bits per heavy atom. The summed E-state index contributed by atoms with van der Waals surface area (Å²) in [6.07, 6.45) is 7.27. The van der Waals surface area contributed by atoms with Crippen molar-refractivity contribution in [1.82, 2.24) is 4.90 Å². The lowest BCUT2D eigenvalue weighted by molar-refractivity contribution is -0.277. The van der Waals surface area contributed by atoms with Gasteiger partial charge in [0.1, 0.15) is 18.5 Å². The number of nitrogens with zero attached hydrogens (tertiary/aromatic N) is 1. The molecule has 2 N–H and O–H groups in total. The predicted octanol–water partition coefficient (Wildman–Crippen LogP) is 3.24. The Morgan fingerprint density at radius 3 is 2.42 bits per heavy atom. The van der Waals surface area contributed by atoms with Crippen LogP contribution in [-0.2, 0) is 28.6 Å². The minimum atomic E-state index is -0.947. The molecule has 0 amide bonds. The van der Waals surface area contributed by atoms with Gasteiger partial charge in [0, 0.05) is 36.3 Å². The Hall–Kier alpha value is -2.17. The van der Waals surface area contributed by atoms with E-state index in [2.05, 4.69) is 0 Å². The van der Waals surface area contributed by atoms with Gasteiger partial charge in [0.2, 0.25) is 0 Å². The normalized spacial score (nSPS) is 39.7. The molecule has 0 radical (unpaired) electrons. The van der Waals surface area contributed by atoms with E-state index in [-0.39, 0.29) is 42.8 Å². The topological polar surface area (TPSA) is 123 Å². The van der Waals surface area contributed by atoms with Gasteiger partial charge in [0.05, 0.1) is 18.8 Å². The van der Waals surface area contributed by atoms with Crippen molar-refractivity contribution in [2.24, 2.45) is 23.7 Å². The molecular formula is C31H49NO8. The van der Waals surface area contributed by atoms with Crippen LogP contribution in [0.5, 0.6) is 0 Å². The molecule has 0 saturated carbocycles. The maximum absolute atomic E-state index is 13.1. The maximum Gasteiger partial charge on any atom is 0.330 e. The van der Waals surface area contributed by atoms with Gasteiger partial charge in [-0.15, -0.1) is 0 Å². The van der Waals surface area contributed by atoms with E-state index in [1.54, 1.807) is 12.2 Å². The Morgan fingerprint density at radius 2 is 1.82 bits per heavy atom. The zero-order valence-corrected chi connectivity index (χ0v) is 25.1. The summed E-state index contributed by atoms with van der Waals surface area (Å²) in [7, 11) is 3.79. The third-order valence-corrected chi connectivity index (χ3v) is 7.97.